The number of nitrogens with zero attached hydrogens (tertiary/aromatic N) is 1. The maximum atomic E-state index is 12.8. The first-order valence-corrected chi connectivity index (χ1v) is 11.7. The number of phenolic OH excluding ortho intramolecular Hbond substituents is 1. The van der Waals surface area contributed by atoms with E-state index in [1.165, 1.54) is 0 Å². The van der Waals surface area contributed by atoms with Crippen molar-refractivity contribution in [2.24, 2.45) is 5.92 Å². The number of hydrogen-bond acceptors (Lipinski definition) is 5. The Hall–Kier alpha value is -2.57. The highest BCUT2D eigenvalue weighted by molar-refractivity contribution is 5.78. The van der Waals surface area contributed by atoms with Crippen molar-refractivity contribution in [3.05, 3.63) is 59.7 Å². The molecule has 2 aromatic rings. The van der Waals surface area contributed by atoms with E-state index in [1.807, 2.05) is 49.4 Å². The third-order valence-electron chi connectivity index (χ3n) is 6.98. The van der Waals surface area contributed by atoms with Crippen molar-refractivity contribution in [1.82, 2.24) is 10.2 Å². The summed E-state index contributed by atoms with van der Waals surface area (Å²) >= 11 is 0. The van der Waals surface area contributed by atoms with Crippen LogP contribution in [-0.2, 0) is 11.3 Å². The number of aromatic hydroxyl groups is 1. The third kappa shape index (κ3) is 4.92. The van der Waals surface area contributed by atoms with E-state index in [0.29, 0.717) is 31.9 Å². The summed E-state index contributed by atoms with van der Waals surface area (Å²) < 4.78 is 5.62. The van der Waals surface area contributed by atoms with Crippen molar-refractivity contribution < 1.29 is 19.7 Å². The number of fused-ring (bicyclic) bond motifs is 1. The summed E-state index contributed by atoms with van der Waals surface area (Å²) in [6.45, 7) is 3.77. The van der Waals surface area contributed by atoms with Crippen molar-refractivity contribution in [2.45, 2.75) is 57.2 Å². The summed E-state index contributed by atoms with van der Waals surface area (Å²) in [4.78, 5) is 15.0. The third-order valence-corrected chi connectivity index (χ3v) is 6.98. The van der Waals surface area contributed by atoms with Crippen LogP contribution in [0, 0.1) is 5.92 Å². The highest BCUT2D eigenvalue weighted by Crippen LogP contribution is 2.50. The number of nitrogens with one attached hydrogen (secondary N) is 1. The standard InChI is InChI=1S/C26H34N2O4/c1-2-32-23-16-20(11-12-22(23)29)25-21-10-6-7-13-26(21,31)14-15-28(25)18-24(30)27-17-19-8-4-3-5-9-19/h3-5,8-9,11-12,16,21,25,29,31H,2,6-7,10,13-15,17-18H2,1H3,(H,27,30)/t21-,25-,26+/m1/s1. The lowest BCUT2D eigenvalue weighted by Crippen LogP contribution is -2.56. The molecule has 1 aliphatic heterocycles. The smallest absolute Gasteiger partial charge is 0.234 e. The molecule has 32 heavy (non-hydrogen) atoms. The van der Waals surface area contributed by atoms with Gasteiger partial charge in [0.2, 0.25) is 5.91 Å². The Bertz CT molecular complexity index is 919. The van der Waals surface area contributed by atoms with Gasteiger partial charge in [-0.3, -0.25) is 9.69 Å². The topological polar surface area (TPSA) is 82.0 Å². The minimum absolute atomic E-state index is 0.0242. The largest absolute Gasteiger partial charge is 0.504 e. The lowest BCUT2D eigenvalue weighted by atomic mass is 9.66. The van der Waals surface area contributed by atoms with Crippen molar-refractivity contribution in [2.75, 3.05) is 19.7 Å². The molecule has 6 heteroatoms. The first-order valence-electron chi connectivity index (χ1n) is 11.7. The molecule has 1 amide bonds. The van der Waals surface area contributed by atoms with Crippen LogP contribution in [0.2, 0.25) is 0 Å². The van der Waals surface area contributed by atoms with Crippen LogP contribution in [0.3, 0.4) is 0 Å². The van der Waals surface area contributed by atoms with Crippen molar-refractivity contribution in [1.29, 1.82) is 0 Å². The van der Waals surface area contributed by atoms with Crippen LogP contribution >= 0.6 is 0 Å². The predicted octanol–water partition coefficient (Wildman–Crippen LogP) is 3.78. The number of ether oxygens (including phenoxy) is 1. The zero-order valence-corrected chi connectivity index (χ0v) is 18.8. The molecule has 1 saturated heterocycles. The van der Waals surface area contributed by atoms with Crippen LogP contribution in [0.25, 0.3) is 0 Å². The molecule has 4 rings (SSSR count). The number of carbonyl (C=O) groups is 1. The number of likely N-dealkylation sites (tertiary alicyclic amines) is 1. The molecular weight excluding hydrogens is 404 g/mol. The Balaban J connectivity index is 1.56. The Morgan fingerprint density at radius 2 is 2.00 bits per heavy atom. The van der Waals surface area contributed by atoms with Crippen LogP contribution in [0.5, 0.6) is 11.5 Å². The molecule has 2 aromatic carbocycles. The highest BCUT2D eigenvalue weighted by Gasteiger charge is 2.49. The fourth-order valence-electron chi connectivity index (χ4n) is 5.39. The minimum Gasteiger partial charge on any atom is -0.504 e. The van der Waals surface area contributed by atoms with Crippen molar-refractivity contribution in [3.8, 4) is 11.5 Å². The molecule has 2 fully saturated rings. The number of phenols is 1. The first-order chi connectivity index (χ1) is 15.5. The number of benzene rings is 2. The Morgan fingerprint density at radius 3 is 2.78 bits per heavy atom. The molecule has 3 atom stereocenters. The second kappa shape index (κ2) is 9.92. The fourth-order valence-corrected chi connectivity index (χ4v) is 5.39. The molecule has 0 aromatic heterocycles. The summed E-state index contributed by atoms with van der Waals surface area (Å²) in [5, 5.41) is 24.7. The molecule has 172 valence electrons. The molecule has 1 aliphatic carbocycles. The van der Waals surface area contributed by atoms with Crippen molar-refractivity contribution in [3.63, 3.8) is 0 Å². The van der Waals surface area contributed by atoms with Crippen LogP contribution < -0.4 is 10.1 Å². The molecule has 3 N–H and O–H groups in total. The predicted molar refractivity (Wildman–Crippen MR) is 123 cm³/mol. The highest BCUT2D eigenvalue weighted by atomic mass is 16.5. The lowest BCUT2D eigenvalue weighted by molar-refractivity contribution is -0.138. The van der Waals surface area contributed by atoms with Crippen molar-refractivity contribution >= 4 is 5.91 Å². The van der Waals surface area contributed by atoms with Gasteiger partial charge < -0.3 is 20.3 Å². The van der Waals surface area contributed by atoms with Crippen LogP contribution in [0.15, 0.2) is 48.5 Å². The van der Waals surface area contributed by atoms with Gasteiger partial charge >= 0.3 is 0 Å². The van der Waals surface area contributed by atoms with E-state index in [1.54, 1.807) is 6.07 Å². The summed E-state index contributed by atoms with van der Waals surface area (Å²) in [6.07, 6.45) is 4.52. The number of rotatable bonds is 7. The second-order valence-corrected chi connectivity index (χ2v) is 9.04. The van der Waals surface area contributed by atoms with Gasteiger partial charge in [-0.25, -0.2) is 0 Å². The summed E-state index contributed by atoms with van der Waals surface area (Å²) in [7, 11) is 0. The van der Waals surface area contributed by atoms with E-state index in [0.717, 1.165) is 36.8 Å². The van der Waals surface area contributed by atoms with Gasteiger partial charge in [0.25, 0.3) is 0 Å². The Morgan fingerprint density at radius 1 is 1.19 bits per heavy atom. The van der Waals surface area contributed by atoms with Gasteiger partial charge in [-0.15, -0.1) is 0 Å². The van der Waals surface area contributed by atoms with Gasteiger partial charge in [0.15, 0.2) is 11.5 Å². The number of aliphatic hydroxyl groups is 1. The van der Waals surface area contributed by atoms with E-state index < -0.39 is 5.60 Å². The molecule has 0 spiro atoms. The average molecular weight is 439 g/mol. The molecule has 0 radical (unpaired) electrons. The Labute approximate surface area is 190 Å². The van der Waals surface area contributed by atoms with E-state index in [2.05, 4.69) is 10.2 Å². The molecule has 2 aliphatic rings. The van der Waals surface area contributed by atoms with E-state index in [-0.39, 0.29) is 30.2 Å². The summed E-state index contributed by atoms with van der Waals surface area (Å²) in [6, 6.07) is 15.2. The molecule has 6 nitrogen and oxygen atoms in total. The zero-order valence-electron chi connectivity index (χ0n) is 18.8. The van der Waals surface area contributed by atoms with E-state index in [4.69, 9.17) is 4.74 Å². The monoisotopic (exact) mass is 438 g/mol. The zero-order chi connectivity index (χ0) is 22.6. The van der Waals surface area contributed by atoms with Crippen LogP contribution in [0.4, 0.5) is 0 Å². The van der Waals surface area contributed by atoms with Gasteiger partial charge in [-0.05, 0) is 49.4 Å². The average Bonchev–Trinajstić information content (AvgIpc) is 2.80. The first kappa shape index (κ1) is 22.6. The van der Waals surface area contributed by atoms with Gasteiger partial charge in [-0.2, -0.15) is 0 Å². The number of carbonyl (C=O) groups excluding carboxylic acids is 1. The van der Waals surface area contributed by atoms with Gasteiger partial charge in [0.1, 0.15) is 0 Å². The SMILES string of the molecule is CCOc1cc([C@@H]2[C@H]3CCCC[C@]3(O)CCN2CC(=O)NCc2ccccc2)ccc1O. The number of hydrogen-bond donors (Lipinski definition) is 3. The van der Waals surface area contributed by atoms with Gasteiger partial charge in [0, 0.05) is 25.0 Å². The molecule has 0 bridgehead atoms. The quantitative estimate of drug-likeness (QED) is 0.613. The maximum Gasteiger partial charge on any atom is 0.234 e. The molecular formula is C26H34N2O4. The van der Waals surface area contributed by atoms with E-state index in [9.17, 15) is 15.0 Å². The van der Waals surface area contributed by atoms with Gasteiger partial charge in [0.05, 0.1) is 18.8 Å². The Kier molecular flexibility index (Phi) is 7.01. The minimum atomic E-state index is -0.705. The normalized spacial score (nSPS) is 25.7. The number of amides is 1. The molecule has 1 saturated carbocycles. The summed E-state index contributed by atoms with van der Waals surface area (Å²) in [5.74, 6) is 0.579. The van der Waals surface area contributed by atoms with Gasteiger partial charge in [-0.1, -0.05) is 49.2 Å². The lowest BCUT2D eigenvalue weighted by Gasteiger charge is -2.52. The van der Waals surface area contributed by atoms with Crippen LogP contribution in [0.1, 0.15) is 56.2 Å². The maximum absolute atomic E-state index is 12.8. The molecule has 0 unspecified atom stereocenters. The van der Waals surface area contributed by atoms with Crippen LogP contribution in [-0.4, -0.2) is 46.3 Å². The second-order valence-electron chi connectivity index (χ2n) is 9.04. The molecule has 1 heterocycles. The fraction of sp³-hybridized carbons (Fsp3) is 0.500. The van der Waals surface area contributed by atoms with E-state index >= 15 is 0 Å². The summed E-state index contributed by atoms with van der Waals surface area (Å²) in [5.41, 5.74) is 1.34. The number of piperidine rings is 1.